The zero-order chi connectivity index (χ0) is 14.0. The van der Waals surface area contributed by atoms with Crippen molar-refractivity contribution >= 4 is 15.9 Å². The molecule has 0 N–H and O–H groups in total. The van der Waals surface area contributed by atoms with Crippen LogP contribution in [0.5, 0.6) is 0 Å². The summed E-state index contributed by atoms with van der Waals surface area (Å²) in [5, 5.41) is 0. The van der Waals surface area contributed by atoms with Gasteiger partial charge in [0, 0.05) is 4.83 Å². The summed E-state index contributed by atoms with van der Waals surface area (Å²) in [5.74, 6) is -1.60. The number of alkyl halides is 1. The van der Waals surface area contributed by atoms with Crippen LogP contribution in [0, 0.1) is 25.5 Å². The Morgan fingerprint density at radius 1 is 1.00 bits per heavy atom. The first-order valence-corrected chi connectivity index (χ1v) is 7.04. The number of aryl methyl sites for hydroxylation is 2. The Bertz CT molecular complexity index is 573. The van der Waals surface area contributed by atoms with Gasteiger partial charge in [0.05, 0.1) is 0 Å². The van der Waals surface area contributed by atoms with Crippen molar-refractivity contribution in [2.45, 2.75) is 25.1 Å². The van der Waals surface area contributed by atoms with Gasteiger partial charge in [-0.25, -0.2) is 8.78 Å². The quantitative estimate of drug-likeness (QED) is 0.675. The van der Waals surface area contributed by atoms with Crippen LogP contribution in [0.4, 0.5) is 8.78 Å². The van der Waals surface area contributed by atoms with Crippen LogP contribution >= 0.6 is 15.9 Å². The molecule has 0 saturated heterocycles. The summed E-state index contributed by atoms with van der Waals surface area (Å²) >= 11 is 3.65. The predicted octanol–water partition coefficient (Wildman–Crippen LogP) is 5.26. The van der Waals surface area contributed by atoms with Crippen LogP contribution in [0.15, 0.2) is 36.4 Å². The Balaban J connectivity index is 2.25. The summed E-state index contributed by atoms with van der Waals surface area (Å²) in [4.78, 5) is 0.0959. The molecule has 100 valence electrons. The molecule has 1 unspecified atom stereocenters. The summed E-state index contributed by atoms with van der Waals surface area (Å²) in [6, 6.07) is 10.2. The average Bonchev–Trinajstić information content (AvgIpc) is 2.33. The van der Waals surface area contributed by atoms with Gasteiger partial charge in [0.2, 0.25) is 0 Å². The molecule has 0 fully saturated rings. The monoisotopic (exact) mass is 324 g/mol. The van der Waals surface area contributed by atoms with E-state index < -0.39 is 11.6 Å². The number of benzene rings is 2. The van der Waals surface area contributed by atoms with Crippen molar-refractivity contribution in [1.29, 1.82) is 0 Å². The lowest BCUT2D eigenvalue weighted by atomic mass is 9.96. The van der Waals surface area contributed by atoms with E-state index in [-0.39, 0.29) is 4.83 Å². The first-order chi connectivity index (χ1) is 8.99. The third-order valence-electron chi connectivity index (χ3n) is 3.25. The molecule has 0 aliphatic carbocycles. The van der Waals surface area contributed by atoms with Crippen LogP contribution in [-0.2, 0) is 6.42 Å². The molecule has 0 amide bonds. The van der Waals surface area contributed by atoms with Gasteiger partial charge in [-0.1, -0.05) is 40.2 Å². The molecule has 1 atom stereocenters. The minimum absolute atomic E-state index is 0.0959. The Morgan fingerprint density at radius 3 is 2.21 bits per heavy atom. The molecular formula is C16H15BrF2. The molecule has 3 heteroatoms. The van der Waals surface area contributed by atoms with Crippen LogP contribution in [-0.4, -0.2) is 0 Å². The van der Waals surface area contributed by atoms with E-state index >= 15 is 0 Å². The third kappa shape index (κ3) is 3.21. The third-order valence-corrected chi connectivity index (χ3v) is 4.04. The van der Waals surface area contributed by atoms with Crippen molar-refractivity contribution in [1.82, 2.24) is 0 Å². The molecular weight excluding hydrogens is 310 g/mol. The van der Waals surface area contributed by atoms with Gasteiger partial charge in [0.1, 0.15) is 0 Å². The lowest BCUT2D eigenvalue weighted by molar-refractivity contribution is 0.507. The Hall–Kier alpha value is -1.22. The van der Waals surface area contributed by atoms with Gasteiger partial charge in [-0.15, -0.1) is 0 Å². The maximum absolute atomic E-state index is 13.2. The van der Waals surface area contributed by atoms with Gasteiger partial charge in [-0.3, -0.25) is 0 Å². The van der Waals surface area contributed by atoms with E-state index in [4.69, 9.17) is 0 Å². The SMILES string of the molecule is Cc1cccc(C)c1C(Br)Cc1ccc(F)c(F)c1. The van der Waals surface area contributed by atoms with Crippen LogP contribution in [0.3, 0.4) is 0 Å². The molecule has 0 aliphatic rings. The van der Waals surface area contributed by atoms with Crippen molar-refractivity contribution in [3.8, 4) is 0 Å². The van der Waals surface area contributed by atoms with Crippen LogP contribution < -0.4 is 0 Å². The van der Waals surface area contributed by atoms with E-state index in [2.05, 4.69) is 41.9 Å². The molecule has 2 aromatic rings. The van der Waals surface area contributed by atoms with Gasteiger partial charge in [0.15, 0.2) is 11.6 Å². The van der Waals surface area contributed by atoms with Crippen LogP contribution in [0.1, 0.15) is 27.1 Å². The van der Waals surface area contributed by atoms with E-state index in [1.54, 1.807) is 6.07 Å². The average molecular weight is 325 g/mol. The second-order valence-electron chi connectivity index (χ2n) is 4.73. The Morgan fingerprint density at radius 2 is 1.63 bits per heavy atom. The maximum atomic E-state index is 13.2. The van der Waals surface area contributed by atoms with E-state index in [0.29, 0.717) is 6.42 Å². The second-order valence-corrected chi connectivity index (χ2v) is 5.83. The topological polar surface area (TPSA) is 0 Å². The first kappa shape index (κ1) is 14.2. The first-order valence-electron chi connectivity index (χ1n) is 6.13. The van der Waals surface area contributed by atoms with Crippen molar-refractivity contribution in [2.24, 2.45) is 0 Å². The highest BCUT2D eigenvalue weighted by molar-refractivity contribution is 9.09. The Labute approximate surface area is 120 Å². The number of hydrogen-bond donors (Lipinski definition) is 0. The minimum atomic E-state index is -0.804. The normalized spacial score (nSPS) is 12.5. The fourth-order valence-corrected chi connectivity index (χ4v) is 3.39. The molecule has 0 spiro atoms. The lowest BCUT2D eigenvalue weighted by Gasteiger charge is -2.16. The molecule has 0 heterocycles. The summed E-state index contributed by atoms with van der Waals surface area (Å²) in [5.41, 5.74) is 4.39. The Kier molecular flexibility index (Phi) is 4.35. The zero-order valence-electron chi connectivity index (χ0n) is 10.9. The smallest absolute Gasteiger partial charge is 0.159 e. The summed E-state index contributed by atoms with van der Waals surface area (Å²) in [6.07, 6.45) is 0.628. The molecule has 0 saturated carbocycles. The van der Waals surface area contributed by atoms with Gasteiger partial charge in [0.25, 0.3) is 0 Å². The molecule has 19 heavy (non-hydrogen) atoms. The molecule has 0 aromatic heterocycles. The van der Waals surface area contributed by atoms with Crippen LogP contribution in [0.2, 0.25) is 0 Å². The molecule has 0 radical (unpaired) electrons. The summed E-state index contributed by atoms with van der Waals surface area (Å²) < 4.78 is 26.1. The predicted molar refractivity (Wildman–Crippen MR) is 77.6 cm³/mol. The fraction of sp³-hybridized carbons (Fsp3) is 0.250. The second kappa shape index (κ2) is 5.83. The number of halogens is 3. The van der Waals surface area contributed by atoms with Crippen molar-refractivity contribution < 1.29 is 8.78 Å². The van der Waals surface area contributed by atoms with Gasteiger partial charge in [-0.2, -0.15) is 0 Å². The summed E-state index contributed by atoms with van der Waals surface area (Å²) in [6.45, 7) is 4.11. The number of hydrogen-bond acceptors (Lipinski definition) is 0. The highest BCUT2D eigenvalue weighted by atomic mass is 79.9. The standard InChI is InChI=1S/C16H15BrF2/c1-10-4-3-5-11(2)16(10)13(17)8-12-6-7-14(18)15(19)9-12/h3-7,9,13H,8H2,1-2H3. The van der Waals surface area contributed by atoms with Crippen molar-refractivity contribution in [2.75, 3.05) is 0 Å². The van der Waals surface area contributed by atoms with Gasteiger partial charge < -0.3 is 0 Å². The minimum Gasteiger partial charge on any atom is -0.204 e. The molecule has 0 nitrogen and oxygen atoms in total. The highest BCUT2D eigenvalue weighted by Gasteiger charge is 2.14. The summed E-state index contributed by atoms with van der Waals surface area (Å²) in [7, 11) is 0. The van der Waals surface area contributed by atoms with Gasteiger partial charge in [-0.05, 0) is 54.7 Å². The van der Waals surface area contributed by atoms with E-state index in [1.165, 1.54) is 28.8 Å². The van der Waals surface area contributed by atoms with Crippen LogP contribution in [0.25, 0.3) is 0 Å². The molecule has 2 rings (SSSR count). The van der Waals surface area contributed by atoms with E-state index in [1.807, 2.05) is 6.07 Å². The molecule has 0 bridgehead atoms. The maximum Gasteiger partial charge on any atom is 0.159 e. The fourth-order valence-electron chi connectivity index (χ4n) is 2.30. The molecule has 0 aliphatic heterocycles. The zero-order valence-corrected chi connectivity index (χ0v) is 12.5. The van der Waals surface area contributed by atoms with E-state index in [0.717, 1.165) is 5.56 Å². The largest absolute Gasteiger partial charge is 0.204 e. The van der Waals surface area contributed by atoms with E-state index in [9.17, 15) is 8.78 Å². The lowest BCUT2D eigenvalue weighted by Crippen LogP contribution is -2.01. The molecule has 2 aromatic carbocycles. The van der Waals surface area contributed by atoms with Crippen molar-refractivity contribution in [3.63, 3.8) is 0 Å². The number of rotatable bonds is 3. The van der Waals surface area contributed by atoms with Gasteiger partial charge >= 0.3 is 0 Å². The van der Waals surface area contributed by atoms with Crippen molar-refractivity contribution in [3.05, 3.63) is 70.3 Å². The highest BCUT2D eigenvalue weighted by Crippen LogP contribution is 2.32.